The zero-order chi connectivity index (χ0) is 14.2. The number of rotatable bonds is 2. The van der Waals surface area contributed by atoms with Gasteiger partial charge in [0.1, 0.15) is 10.7 Å². The van der Waals surface area contributed by atoms with Crippen LogP contribution in [0.5, 0.6) is 0 Å². The highest BCUT2D eigenvalue weighted by Crippen LogP contribution is 2.28. The van der Waals surface area contributed by atoms with Gasteiger partial charge in [-0.2, -0.15) is 4.31 Å². The summed E-state index contributed by atoms with van der Waals surface area (Å²) >= 11 is 0. The molecule has 7 heteroatoms. The van der Waals surface area contributed by atoms with Crippen LogP contribution in [0.1, 0.15) is 13.3 Å². The van der Waals surface area contributed by atoms with E-state index in [0.717, 1.165) is 10.4 Å². The molecule has 2 rings (SSSR count). The van der Waals surface area contributed by atoms with E-state index in [1.807, 2.05) is 6.92 Å². The number of benzene rings is 1. The van der Waals surface area contributed by atoms with Gasteiger partial charge in [0.05, 0.1) is 11.8 Å². The van der Waals surface area contributed by atoms with Crippen molar-refractivity contribution in [2.24, 2.45) is 5.92 Å². The van der Waals surface area contributed by atoms with Crippen LogP contribution in [0.4, 0.5) is 10.1 Å². The van der Waals surface area contributed by atoms with Crippen LogP contribution in [-0.4, -0.2) is 37.0 Å². The molecule has 0 bridgehead atoms. The number of hydrogen-bond donors (Lipinski definition) is 2. The van der Waals surface area contributed by atoms with Gasteiger partial charge >= 0.3 is 0 Å². The van der Waals surface area contributed by atoms with Crippen molar-refractivity contribution in [2.45, 2.75) is 24.3 Å². The van der Waals surface area contributed by atoms with E-state index in [1.54, 1.807) is 0 Å². The zero-order valence-corrected chi connectivity index (χ0v) is 11.4. The SMILES string of the molecule is CC1CCN(S(=O)(=O)c2cccc(F)c2N)CC1O. The minimum atomic E-state index is -3.86. The molecular formula is C12H17FN2O3S. The Morgan fingerprint density at radius 1 is 1.47 bits per heavy atom. The van der Waals surface area contributed by atoms with Gasteiger partial charge in [0, 0.05) is 13.1 Å². The predicted octanol–water partition coefficient (Wildman–Crippen LogP) is 0.799. The van der Waals surface area contributed by atoms with E-state index in [4.69, 9.17) is 5.73 Å². The van der Waals surface area contributed by atoms with Crippen molar-refractivity contribution in [3.63, 3.8) is 0 Å². The third-order valence-corrected chi connectivity index (χ3v) is 5.44. The van der Waals surface area contributed by atoms with Crippen LogP contribution in [0.3, 0.4) is 0 Å². The minimum Gasteiger partial charge on any atom is -0.395 e. The Morgan fingerprint density at radius 3 is 2.79 bits per heavy atom. The fraction of sp³-hybridized carbons (Fsp3) is 0.500. The molecule has 0 saturated carbocycles. The third-order valence-electron chi connectivity index (χ3n) is 3.51. The molecule has 1 saturated heterocycles. The largest absolute Gasteiger partial charge is 0.395 e. The second-order valence-electron chi connectivity index (χ2n) is 4.85. The molecule has 1 fully saturated rings. The number of nitrogens with two attached hydrogens (primary N) is 1. The van der Waals surface area contributed by atoms with Crippen molar-refractivity contribution in [3.8, 4) is 0 Å². The Balaban J connectivity index is 2.35. The lowest BCUT2D eigenvalue weighted by molar-refractivity contribution is 0.0605. The summed E-state index contributed by atoms with van der Waals surface area (Å²) in [6, 6.07) is 3.70. The van der Waals surface area contributed by atoms with Crippen molar-refractivity contribution < 1.29 is 17.9 Å². The van der Waals surface area contributed by atoms with E-state index >= 15 is 0 Å². The van der Waals surface area contributed by atoms with Crippen molar-refractivity contribution in [2.75, 3.05) is 18.8 Å². The molecule has 2 unspecified atom stereocenters. The fourth-order valence-electron chi connectivity index (χ4n) is 2.12. The predicted molar refractivity (Wildman–Crippen MR) is 69.4 cm³/mol. The van der Waals surface area contributed by atoms with Crippen molar-refractivity contribution in [1.82, 2.24) is 4.31 Å². The Kier molecular flexibility index (Phi) is 3.80. The molecule has 5 nitrogen and oxygen atoms in total. The maximum atomic E-state index is 13.4. The Morgan fingerprint density at radius 2 is 2.16 bits per heavy atom. The minimum absolute atomic E-state index is 0.0133. The molecule has 1 aliphatic rings. The Bertz CT molecular complexity index is 576. The number of sulfonamides is 1. The van der Waals surface area contributed by atoms with Crippen molar-refractivity contribution >= 4 is 15.7 Å². The van der Waals surface area contributed by atoms with Crippen LogP contribution in [0, 0.1) is 11.7 Å². The van der Waals surface area contributed by atoms with Crippen molar-refractivity contribution in [1.29, 1.82) is 0 Å². The molecule has 106 valence electrons. The van der Waals surface area contributed by atoms with Gasteiger partial charge in [0.25, 0.3) is 0 Å². The molecular weight excluding hydrogens is 271 g/mol. The van der Waals surface area contributed by atoms with Crippen LogP contribution in [0.2, 0.25) is 0 Å². The lowest BCUT2D eigenvalue weighted by Crippen LogP contribution is -2.45. The van der Waals surface area contributed by atoms with Gasteiger partial charge in [-0.15, -0.1) is 0 Å². The van der Waals surface area contributed by atoms with E-state index in [-0.39, 0.29) is 23.0 Å². The number of aliphatic hydroxyl groups is 1. The summed E-state index contributed by atoms with van der Waals surface area (Å²) in [5.74, 6) is -0.705. The van der Waals surface area contributed by atoms with Gasteiger partial charge < -0.3 is 10.8 Å². The molecule has 1 heterocycles. The maximum Gasteiger partial charge on any atom is 0.245 e. The van der Waals surface area contributed by atoms with Crippen molar-refractivity contribution in [3.05, 3.63) is 24.0 Å². The second kappa shape index (κ2) is 5.07. The summed E-state index contributed by atoms with van der Waals surface area (Å²) in [4.78, 5) is -0.241. The number of nitrogen functional groups attached to an aromatic ring is 1. The van der Waals surface area contributed by atoms with Gasteiger partial charge in [-0.25, -0.2) is 12.8 Å². The van der Waals surface area contributed by atoms with E-state index in [1.165, 1.54) is 12.1 Å². The van der Waals surface area contributed by atoms with E-state index in [9.17, 15) is 17.9 Å². The van der Waals surface area contributed by atoms with Gasteiger partial charge in [0.2, 0.25) is 10.0 Å². The number of para-hydroxylation sites is 1. The van der Waals surface area contributed by atoms with Crippen LogP contribution in [0.25, 0.3) is 0 Å². The molecule has 2 atom stereocenters. The molecule has 0 radical (unpaired) electrons. The van der Waals surface area contributed by atoms with Gasteiger partial charge in [-0.3, -0.25) is 0 Å². The third kappa shape index (κ3) is 2.58. The number of β-amino-alcohol motifs (C(OH)–C–C–N with tert-alkyl or cyclic N) is 1. The molecule has 0 aromatic heterocycles. The average Bonchev–Trinajstić information content (AvgIpc) is 2.35. The van der Waals surface area contributed by atoms with E-state index < -0.39 is 21.9 Å². The lowest BCUT2D eigenvalue weighted by Gasteiger charge is -2.33. The summed E-state index contributed by atoms with van der Waals surface area (Å²) in [7, 11) is -3.86. The Hall–Kier alpha value is -1.18. The highest BCUT2D eigenvalue weighted by atomic mass is 32.2. The molecule has 0 spiro atoms. The smallest absolute Gasteiger partial charge is 0.245 e. The zero-order valence-electron chi connectivity index (χ0n) is 10.6. The van der Waals surface area contributed by atoms with Crippen LogP contribution in [0.15, 0.2) is 23.1 Å². The first-order chi connectivity index (χ1) is 8.84. The average molecular weight is 288 g/mol. The number of nitrogens with zero attached hydrogens (tertiary/aromatic N) is 1. The quantitative estimate of drug-likeness (QED) is 0.788. The Labute approximate surface area is 111 Å². The molecule has 0 amide bonds. The summed E-state index contributed by atoms with van der Waals surface area (Å²) in [6.07, 6.45) is -0.145. The molecule has 0 aliphatic carbocycles. The van der Waals surface area contributed by atoms with E-state index in [2.05, 4.69) is 0 Å². The van der Waals surface area contributed by atoms with Gasteiger partial charge in [-0.05, 0) is 24.5 Å². The second-order valence-corrected chi connectivity index (χ2v) is 6.75. The number of anilines is 1. The number of hydrogen-bond acceptors (Lipinski definition) is 4. The molecule has 19 heavy (non-hydrogen) atoms. The highest BCUT2D eigenvalue weighted by Gasteiger charge is 2.34. The molecule has 1 aliphatic heterocycles. The standard InChI is InChI=1S/C12H17FN2O3S/c1-8-5-6-15(7-10(8)16)19(17,18)11-4-2-3-9(13)12(11)14/h2-4,8,10,16H,5-7,14H2,1H3. The summed E-state index contributed by atoms with van der Waals surface area (Å²) in [5.41, 5.74) is 5.11. The van der Waals surface area contributed by atoms with Crippen LogP contribution >= 0.6 is 0 Å². The van der Waals surface area contributed by atoms with Crippen LogP contribution < -0.4 is 5.73 Å². The normalized spacial score (nSPS) is 25.4. The van der Waals surface area contributed by atoms with Gasteiger partial charge in [-0.1, -0.05) is 13.0 Å². The summed E-state index contributed by atoms with van der Waals surface area (Å²) in [6.45, 7) is 2.18. The lowest BCUT2D eigenvalue weighted by atomic mass is 9.98. The first-order valence-corrected chi connectivity index (χ1v) is 7.50. The number of halogens is 1. The molecule has 3 N–H and O–H groups in total. The maximum absolute atomic E-state index is 13.4. The van der Waals surface area contributed by atoms with E-state index in [0.29, 0.717) is 13.0 Å². The van der Waals surface area contributed by atoms with Crippen LogP contribution in [-0.2, 0) is 10.0 Å². The summed E-state index contributed by atoms with van der Waals surface area (Å²) < 4.78 is 39.3. The first-order valence-electron chi connectivity index (χ1n) is 6.06. The number of piperidine rings is 1. The topological polar surface area (TPSA) is 83.6 Å². The van der Waals surface area contributed by atoms with Gasteiger partial charge in [0.15, 0.2) is 0 Å². The monoisotopic (exact) mass is 288 g/mol. The molecule has 1 aromatic rings. The molecule has 1 aromatic carbocycles. The first kappa shape index (κ1) is 14.2. The fourth-order valence-corrected chi connectivity index (χ4v) is 3.72. The summed E-state index contributed by atoms with van der Waals surface area (Å²) in [5, 5.41) is 9.77. The number of aliphatic hydroxyl groups excluding tert-OH is 1. The highest BCUT2D eigenvalue weighted by molar-refractivity contribution is 7.89.